The Kier molecular flexibility index (Phi) is 3.36. The highest BCUT2D eigenvalue weighted by molar-refractivity contribution is 5.95. The summed E-state index contributed by atoms with van der Waals surface area (Å²) in [5.74, 6) is -0.368. The number of aromatic nitrogens is 2. The minimum absolute atomic E-state index is 0.0106. The molecule has 6 heteroatoms. The third-order valence-electron chi connectivity index (χ3n) is 3.43. The maximum absolute atomic E-state index is 12.3. The van der Waals surface area contributed by atoms with E-state index in [4.69, 9.17) is 5.73 Å². The van der Waals surface area contributed by atoms with Gasteiger partial charge in [-0.15, -0.1) is 0 Å². The largest absolute Gasteiger partial charge is 0.369 e. The number of hydrogen-bond acceptors (Lipinski definition) is 3. The molecule has 1 aliphatic rings. The zero-order valence-corrected chi connectivity index (χ0v) is 10.7. The third kappa shape index (κ3) is 2.37. The van der Waals surface area contributed by atoms with Crippen molar-refractivity contribution in [2.45, 2.75) is 19.8 Å². The summed E-state index contributed by atoms with van der Waals surface area (Å²) >= 11 is 0. The molecule has 6 nitrogen and oxygen atoms in total. The normalized spacial score (nSPS) is 16.9. The molecule has 2 rings (SSSR count). The van der Waals surface area contributed by atoms with Gasteiger partial charge in [-0.2, -0.15) is 5.10 Å². The highest BCUT2D eigenvalue weighted by Crippen LogP contribution is 2.19. The van der Waals surface area contributed by atoms with Crippen molar-refractivity contribution in [2.75, 3.05) is 13.1 Å². The number of amides is 2. The zero-order chi connectivity index (χ0) is 13.3. The quantitative estimate of drug-likeness (QED) is 0.806. The molecule has 0 aromatic carbocycles. The Balaban J connectivity index is 2.04. The van der Waals surface area contributed by atoms with Gasteiger partial charge in [0.25, 0.3) is 5.91 Å². The molecular weight excluding hydrogens is 232 g/mol. The second-order valence-corrected chi connectivity index (χ2v) is 4.77. The summed E-state index contributed by atoms with van der Waals surface area (Å²) in [4.78, 5) is 25.1. The lowest BCUT2D eigenvalue weighted by Crippen LogP contribution is -2.41. The van der Waals surface area contributed by atoms with Gasteiger partial charge in [-0.1, -0.05) is 0 Å². The van der Waals surface area contributed by atoms with Crippen LogP contribution in [-0.4, -0.2) is 39.6 Å². The van der Waals surface area contributed by atoms with Gasteiger partial charge in [-0.05, 0) is 19.8 Å². The molecule has 0 aliphatic carbocycles. The van der Waals surface area contributed by atoms with Crippen LogP contribution >= 0.6 is 0 Å². The number of carbonyl (C=O) groups is 2. The number of piperidine rings is 1. The fourth-order valence-corrected chi connectivity index (χ4v) is 2.35. The van der Waals surface area contributed by atoms with Crippen molar-refractivity contribution >= 4 is 11.8 Å². The van der Waals surface area contributed by atoms with E-state index in [1.54, 1.807) is 22.8 Å². The molecule has 1 aromatic heterocycles. The predicted octanol–water partition coefficient (Wildman–Crippen LogP) is 0.0660. The summed E-state index contributed by atoms with van der Waals surface area (Å²) in [5.41, 5.74) is 6.64. The van der Waals surface area contributed by atoms with Crippen molar-refractivity contribution in [3.63, 3.8) is 0 Å². The number of hydrogen-bond donors (Lipinski definition) is 1. The van der Waals surface area contributed by atoms with Gasteiger partial charge in [-0.25, -0.2) is 0 Å². The molecule has 0 atom stereocenters. The van der Waals surface area contributed by atoms with Crippen LogP contribution in [0.3, 0.4) is 0 Å². The highest BCUT2D eigenvalue weighted by Gasteiger charge is 2.27. The summed E-state index contributed by atoms with van der Waals surface area (Å²) in [6.45, 7) is 2.99. The van der Waals surface area contributed by atoms with Crippen LogP contribution in [0.1, 0.15) is 28.9 Å². The molecule has 0 saturated carbocycles. The fraction of sp³-hybridized carbons (Fsp3) is 0.583. The van der Waals surface area contributed by atoms with Crippen LogP contribution < -0.4 is 5.73 Å². The number of primary amides is 1. The Labute approximate surface area is 106 Å². The topological polar surface area (TPSA) is 81.2 Å². The zero-order valence-electron chi connectivity index (χ0n) is 10.7. The summed E-state index contributed by atoms with van der Waals surface area (Å²) in [6, 6.07) is 0. The SMILES string of the molecule is Cc1nn(C)cc1C(=O)N1CCC(C(N)=O)CC1. The average molecular weight is 250 g/mol. The third-order valence-corrected chi connectivity index (χ3v) is 3.43. The van der Waals surface area contributed by atoms with Gasteiger partial charge >= 0.3 is 0 Å². The molecule has 0 bridgehead atoms. The van der Waals surface area contributed by atoms with Gasteiger partial charge in [0, 0.05) is 32.3 Å². The van der Waals surface area contributed by atoms with E-state index in [2.05, 4.69) is 5.10 Å². The van der Waals surface area contributed by atoms with E-state index in [9.17, 15) is 9.59 Å². The Morgan fingerprint density at radius 2 is 2.00 bits per heavy atom. The van der Waals surface area contributed by atoms with Gasteiger partial charge in [0.1, 0.15) is 0 Å². The molecule has 1 aliphatic heterocycles. The van der Waals surface area contributed by atoms with E-state index in [-0.39, 0.29) is 17.7 Å². The van der Waals surface area contributed by atoms with Gasteiger partial charge in [0.15, 0.2) is 0 Å². The molecule has 98 valence electrons. The van der Waals surface area contributed by atoms with Crippen molar-refractivity contribution in [2.24, 2.45) is 18.7 Å². The first-order valence-electron chi connectivity index (χ1n) is 6.08. The lowest BCUT2D eigenvalue weighted by Gasteiger charge is -2.30. The number of nitrogens with zero attached hydrogens (tertiary/aromatic N) is 3. The molecule has 1 fully saturated rings. The number of likely N-dealkylation sites (tertiary alicyclic amines) is 1. The van der Waals surface area contributed by atoms with Crippen LogP contribution in [-0.2, 0) is 11.8 Å². The Hall–Kier alpha value is -1.85. The smallest absolute Gasteiger partial charge is 0.257 e. The summed E-state index contributed by atoms with van der Waals surface area (Å²) in [5, 5.41) is 4.17. The first-order valence-corrected chi connectivity index (χ1v) is 6.08. The summed E-state index contributed by atoms with van der Waals surface area (Å²) in [7, 11) is 1.79. The Morgan fingerprint density at radius 3 is 2.44 bits per heavy atom. The van der Waals surface area contributed by atoms with Gasteiger partial charge in [-0.3, -0.25) is 14.3 Å². The van der Waals surface area contributed by atoms with E-state index in [1.165, 1.54) is 0 Å². The molecule has 18 heavy (non-hydrogen) atoms. The van der Waals surface area contributed by atoms with Crippen LogP contribution in [0.25, 0.3) is 0 Å². The molecule has 2 N–H and O–H groups in total. The molecule has 0 radical (unpaired) electrons. The second-order valence-electron chi connectivity index (χ2n) is 4.77. The molecule has 2 amide bonds. The van der Waals surface area contributed by atoms with E-state index in [0.717, 1.165) is 5.69 Å². The van der Waals surface area contributed by atoms with Crippen molar-refractivity contribution in [3.05, 3.63) is 17.5 Å². The average Bonchev–Trinajstić information content (AvgIpc) is 2.67. The number of rotatable bonds is 2. The maximum atomic E-state index is 12.3. The van der Waals surface area contributed by atoms with Gasteiger partial charge < -0.3 is 10.6 Å². The Bertz CT molecular complexity index is 472. The first kappa shape index (κ1) is 12.6. The van der Waals surface area contributed by atoms with Gasteiger partial charge in [0.2, 0.25) is 5.91 Å². The molecule has 0 unspecified atom stereocenters. The second kappa shape index (κ2) is 4.80. The van der Waals surface area contributed by atoms with Crippen LogP contribution in [0.15, 0.2) is 6.20 Å². The standard InChI is InChI=1S/C12H18N4O2/c1-8-10(7-15(2)14-8)12(18)16-5-3-9(4-6-16)11(13)17/h7,9H,3-6H2,1-2H3,(H2,13,17). The Morgan fingerprint density at radius 1 is 1.39 bits per heavy atom. The van der Waals surface area contributed by atoms with E-state index < -0.39 is 0 Å². The van der Waals surface area contributed by atoms with E-state index in [1.807, 2.05) is 6.92 Å². The number of nitrogens with two attached hydrogens (primary N) is 1. The fourth-order valence-electron chi connectivity index (χ4n) is 2.35. The summed E-state index contributed by atoms with van der Waals surface area (Å²) in [6.07, 6.45) is 3.04. The highest BCUT2D eigenvalue weighted by atomic mass is 16.2. The molecular formula is C12H18N4O2. The molecule has 0 spiro atoms. The minimum atomic E-state index is -0.264. The van der Waals surface area contributed by atoms with Crippen molar-refractivity contribution in [3.8, 4) is 0 Å². The molecule has 1 saturated heterocycles. The van der Waals surface area contributed by atoms with Crippen LogP contribution in [0, 0.1) is 12.8 Å². The van der Waals surface area contributed by atoms with E-state index in [0.29, 0.717) is 31.5 Å². The van der Waals surface area contributed by atoms with Crippen molar-refractivity contribution in [1.29, 1.82) is 0 Å². The summed E-state index contributed by atoms with van der Waals surface area (Å²) < 4.78 is 1.64. The van der Waals surface area contributed by atoms with Crippen LogP contribution in [0.5, 0.6) is 0 Å². The molecule has 2 heterocycles. The minimum Gasteiger partial charge on any atom is -0.369 e. The van der Waals surface area contributed by atoms with Crippen LogP contribution in [0.4, 0.5) is 0 Å². The number of carbonyl (C=O) groups excluding carboxylic acids is 2. The number of aryl methyl sites for hydroxylation is 2. The first-order chi connectivity index (χ1) is 8.49. The molecule has 1 aromatic rings. The van der Waals surface area contributed by atoms with Crippen molar-refractivity contribution < 1.29 is 9.59 Å². The van der Waals surface area contributed by atoms with Gasteiger partial charge in [0.05, 0.1) is 11.3 Å². The predicted molar refractivity (Wildman–Crippen MR) is 65.8 cm³/mol. The van der Waals surface area contributed by atoms with E-state index >= 15 is 0 Å². The lowest BCUT2D eigenvalue weighted by atomic mass is 9.96. The maximum Gasteiger partial charge on any atom is 0.257 e. The van der Waals surface area contributed by atoms with Crippen molar-refractivity contribution in [1.82, 2.24) is 14.7 Å². The van der Waals surface area contributed by atoms with Crippen LogP contribution in [0.2, 0.25) is 0 Å². The lowest BCUT2D eigenvalue weighted by molar-refractivity contribution is -0.123. The monoisotopic (exact) mass is 250 g/mol.